The summed E-state index contributed by atoms with van der Waals surface area (Å²) in [5, 5.41) is 11.8. The van der Waals surface area contributed by atoms with Crippen LogP contribution in [0.2, 0.25) is 0 Å². The average Bonchev–Trinajstić information content (AvgIpc) is 4.05. The van der Waals surface area contributed by atoms with E-state index >= 15 is 0 Å². The van der Waals surface area contributed by atoms with E-state index in [0.29, 0.717) is 76.8 Å². The highest BCUT2D eigenvalue weighted by Crippen LogP contribution is 2.41. The van der Waals surface area contributed by atoms with Gasteiger partial charge in [-0.15, -0.1) is 11.8 Å². The summed E-state index contributed by atoms with van der Waals surface area (Å²) in [6, 6.07) is -1.41. The smallest absolute Gasteiger partial charge is 0.249 e. The van der Waals surface area contributed by atoms with Crippen LogP contribution in [-0.2, 0) is 53.1 Å². The normalized spacial score (nSPS) is 29.8. The fraction of sp³-hybridized carbons (Fsp3) is 0.844. The Balaban J connectivity index is 0.738. The van der Waals surface area contributed by atoms with Gasteiger partial charge in [0.25, 0.3) is 0 Å². The van der Waals surface area contributed by atoms with Gasteiger partial charge in [0.05, 0.1) is 30.1 Å². The first-order chi connectivity index (χ1) is 31.7. The number of fused-ring (bicyclic) bond motifs is 1. The van der Waals surface area contributed by atoms with Gasteiger partial charge < -0.3 is 25.0 Å². The molecule has 2 saturated carbocycles. The third-order valence-electron chi connectivity index (χ3n) is 14.8. The van der Waals surface area contributed by atoms with Crippen LogP contribution in [0.4, 0.5) is 0 Å². The van der Waals surface area contributed by atoms with Crippen molar-refractivity contribution in [2.45, 2.75) is 139 Å². The molecule has 66 heavy (non-hydrogen) atoms. The van der Waals surface area contributed by atoms with Crippen LogP contribution in [0.1, 0.15) is 109 Å². The lowest BCUT2D eigenvalue weighted by molar-refractivity contribution is -0.151. The average molecular weight is 965 g/mol. The molecule has 7 rings (SSSR count). The number of amides is 7. The van der Waals surface area contributed by atoms with E-state index < -0.39 is 45.8 Å². The van der Waals surface area contributed by atoms with Gasteiger partial charge in [0.2, 0.25) is 51.4 Å². The number of thioether (sulfide) groups is 1. The Morgan fingerprint density at radius 2 is 1.62 bits per heavy atom. The fourth-order valence-corrected chi connectivity index (χ4v) is 13.0. The van der Waals surface area contributed by atoms with Crippen LogP contribution < -0.4 is 21.3 Å². The maximum atomic E-state index is 13.6. The number of piperidine rings is 1. The fourth-order valence-electron chi connectivity index (χ4n) is 10.8. The number of carbonyl (C=O) groups is 7. The lowest BCUT2D eigenvalue weighted by Gasteiger charge is -2.34. The number of nitrogens with zero attached hydrogens (tertiary/aromatic N) is 4. The number of rotatable bonds is 21. The minimum Gasteiger partial charge on any atom is -0.381 e. The van der Waals surface area contributed by atoms with Crippen molar-refractivity contribution in [1.82, 2.24) is 40.3 Å². The summed E-state index contributed by atoms with van der Waals surface area (Å²) in [4.78, 5) is 95.6. The Kier molecular flexibility index (Phi) is 18.3. The zero-order valence-electron chi connectivity index (χ0n) is 38.6. The van der Waals surface area contributed by atoms with Crippen molar-refractivity contribution in [3.05, 3.63) is 0 Å². The summed E-state index contributed by atoms with van der Waals surface area (Å²) in [5.41, 5.74) is -0.250. The number of ether oxygens (including phenoxy) is 2. The summed E-state index contributed by atoms with van der Waals surface area (Å²) in [6.07, 6.45) is 13.6. The predicted molar refractivity (Wildman–Crippen MR) is 244 cm³/mol. The van der Waals surface area contributed by atoms with Crippen molar-refractivity contribution in [3.63, 3.8) is 0 Å². The number of sulfonamides is 1. The van der Waals surface area contributed by atoms with Gasteiger partial charge in [-0.3, -0.25) is 54.0 Å². The molecule has 7 amide bonds. The van der Waals surface area contributed by atoms with Crippen LogP contribution in [0.15, 0.2) is 0 Å². The highest BCUT2D eigenvalue weighted by molar-refractivity contribution is 8.00. The van der Waals surface area contributed by atoms with Crippen LogP contribution in [0, 0.1) is 23.7 Å². The first-order valence-corrected chi connectivity index (χ1v) is 27.5. The molecule has 7 unspecified atom stereocenters. The number of imide groups is 2. The monoisotopic (exact) mass is 964 g/mol. The highest BCUT2D eigenvalue weighted by Gasteiger charge is 2.54. The molecule has 8 atom stereocenters. The molecule has 5 saturated heterocycles. The first kappa shape index (κ1) is 50.7. The Hall–Kier alpha value is -3.21. The Morgan fingerprint density at radius 1 is 0.848 bits per heavy atom. The number of piperazine rings is 1. The van der Waals surface area contributed by atoms with Crippen molar-refractivity contribution >= 4 is 63.1 Å². The van der Waals surface area contributed by atoms with Gasteiger partial charge in [-0.1, -0.05) is 19.3 Å². The SMILES string of the molecule is CS(=O)(=O)N1CCC(C(=O)N[C@@H](CCOCCCC(=O)N2CCN(CCCCCOC3CCC4C(=O)N(C5CCC(=O)NC5=O)C(=O)C4C3)CC2)C(=O)NC2NC(C3CCCCC3)CS2)C1. The zero-order chi connectivity index (χ0) is 46.8. The van der Waals surface area contributed by atoms with Crippen molar-refractivity contribution in [2.24, 2.45) is 23.7 Å². The molecule has 4 N–H and O–H groups in total. The van der Waals surface area contributed by atoms with Gasteiger partial charge in [0.15, 0.2) is 0 Å². The van der Waals surface area contributed by atoms with Crippen molar-refractivity contribution in [1.29, 1.82) is 0 Å². The molecule has 5 aliphatic heterocycles. The van der Waals surface area contributed by atoms with Crippen molar-refractivity contribution < 1.29 is 51.5 Å². The minimum atomic E-state index is -3.41. The number of carbonyl (C=O) groups excluding carboxylic acids is 7. The quantitative estimate of drug-likeness (QED) is 0.0926. The Labute approximate surface area is 393 Å². The van der Waals surface area contributed by atoms with E-state index in [9.17, 15) is 42.0 Å². The van der Waals surface area contributed by atoms with Gasteiger partial charge >= 0.3 is 0 Å². The maximum Gasteiger partial charge on any atom is 0.249 e. The molecule has 2 aliphatic carbocycles. The van der Waals surface area contributed by atoms with E-state index in [2.05, 4.69) is 26.2 Å². The molecule has 0 bridgehead atoms. The first-order valence-electron chi connectivity index (χ1n) is 24.6. The van der Waals surface area contributed by atoms with Crippen LogP contribution in [0.25, 0.3) is 0 Å². The Bertz CT molecular complexity index is 1860. The van der Waals surface area contributed by atoms with E-state index in [4.69, 9.17) is 9.47 Å². The molecule has 5 heterocycles. The Morgan fingerprint density at radius 3 is 2.36 bits per heavy atom. The van der Waals surface area contributed by atoms with Crippen LogP contribution >= 0.6 is 11.8 Å². The lowest BCUT2D eigenvalue weighted by Crippen LogP contribution is -2.54. The summed E-state index contributed by atoms with van der Waals surface area (Å²) >= 11 is 1.67. The summed E-state index contributed by atoms with van der Waals surface area (Å²) in [7, 11) is -3.41. The van der Waals surface area contributed by atoms with Gasteiger partial charge in [-0.05, 0) is 89.5 Å². The lowest BCUT2D eigenvalue weighted by atomic mass is 9.79. The topological polar surface area (TPSA) is 233 Å². The molecule has 21 heteroatoms. The molecular formula is C45H72N8O11S2. The van der Waals surface area contributed by atoms with E-state index in [0.717, 1.165) is 55.8 Å². The van der Waals surface area contributed by atoms with E-state index in [1.54, 1.807) is 11.8 Å². The molecule has 370 valence electrons. The van der Waals surface area contributed by atoms with Crippen molar-refractivity contribution in [2.75, 3.05) is 77.6 Å². The van der Waals surface area contributed by atoms with Gasteiger partial charge in [0.1, 0.15) is 17.6 Å². The largest absolute Gasteiger partial charge is 0.381 e. The molecule has 0 aromatic heterocycles. The summed E-state index contributed by atoms with van der Waals surface area (Å²) < 4.78 is 37.5. The molecule has 7 aliphatic rings. The number of unbranched alkanes of at least 4 members (excludes halogenated alkanes) is 2. The third kappa shape index (κ3) is 13.5. The van der Waals surface area contributed by atoms with Crippen LogP contribution in [-0.4, -0.2) is 176 Å². The van der Waals surface area contributed by atoms with E-state index in [1.807, 2.05) is 4.90 Å². The van der Waals surface area contributed by atoms with E-state index in [-0.39, 0.29) is 86.0 Å². The second kappa shape index (κ2) is 23.9. The summed E-state index contributed by atoms with van der Waals surface area (Å²) in [5.74, 6) is -2.04. The number of hydrogen-bond acceptors (Lipinski definition) is 14. The predicted octanol–water partition coefficient (Wildman–Crippen LogP) is 0.915. The molecule has 0 aromatic carbocycles. The summed E-state index contributed by atoms with van der Waals surface area (Å²) in [6.45, 7) is 5.40. The van der Waals surface area contributed by atoms with Crippen LogP contribution in [0.3, 0.4) is 0 Å². The molecule has 0 spiro atoms. The third-order valence-corrected chi connectivity index (χ3v) is 17.2. The van der Waals surface area contributed by atoms with E-state index in [1.165, 1.54) is 36.4 Å². The minimum absolute atomic E-state index is 0.0918. The van der Waals surface area contributed by atoms with Gasteiger partial charge in [-0.25, -0.2) is 12.7 Å². The number of hydrogen-bond donors (Lipinski definition) is 4. The van der Waals surface area contributed by atoms with Crippen molar-refractivity contribution in [3.8, 4) is 0 Å². The molecule has 0 radical (unpaired) electrons. The molecule has 19 nitrogen and oxygen atoms in total. The molecule has 0 aromatic rings. The second-order valence-electron chi connectivity index (χ2n) is 19.4. The molecular weight excluding hydrogens is 893 g/mol. The number of likely N-dealkylation sites (tertiary alicyclic amines) is 1. The van der Waals surface area contributed by atoms with Gasteiger partial charge in [0, 0.05) is 83.7 Å². The standard InChI is InChI=1S/C45H72N8O11S2/c1-66(61,62)52-19-16-31(28-52)40(56)46-35(41(57)49-45-47-36(29-65-45)30-9-4-2-5-10-30)17-26-63-24-8-11-39(55)51-22-20-50(21-23-51)18-6-3-7-25-64-32-12-13-33-34(27-32)44(60)53(43(33)59)37-14-15-38(54)48-42(37)58/h30-37,45,47H,2-29H2,1H3,(H,46,56)(H,49,57)(H,48,54,58)/t31?,32?,33?,34?,35-,36?,37?,45?/m0/s1. The zero-order valence-corrected chi connectivity index (χ0v) is 40.2. The van der Waals surface area contributed by atoms with Crippen LogP contribution in [0.5, 0.6) is 0 Å². The maximum absolute atomic E-state index is 13.6. The highest BCUT2D eigenvalue weighted by atomic mass is 32.2. The van der Waals surface area contributed by atoms with Gasteiger partial charge in [-0.2, -0.15) is 0 Å². The molecule has 7 fully saturated rings. The number of nitrogens with one attached hydrogen (secondary N) is 4. The second-order valence-corrected chi connectivity index (χ2v) is 22.5.